The van der Waals surface area contributed by atoms with E-state index in [0.717, 1.165) is 0 Å². The van der Waals surface area contributed by atoms with Crippen LogP contribution in [0, 0.1) is 12.7 Å². The number of carbonyl (C=O) groups is 1. The molecule has 1 amide bonds. The minimum Gasteiger partial charge on any atom is -0.389 e. The van der Waals surface area contributed by atoms with Gasteiger partial charge < -0.3 is 11.1 Å². The lowest BCUT2D eigenvalue weighted by Crippen LogP contribution is -2.19. The van der Waals surface area contributed by atoms with E-state index in [9.17, 15) is 9.18 Å². The third-order valence-electron chi connectivity index (χ3n) is 2.76. The normalized spacial score (nSPS) is 10.1. The van der Waals surface area contributed by atoms with Crippen molar-refractivity contribution in [3.8, 4) is 0 Å². The fourth-order valence-electron chi connectivity index (χ4n) is 1.79. The van der Waals surface area contributed by atoms with Gasteiger partial charge in [-0.3, -0.25) is 9.78 Å². The molecule has 2 aromatic rings. The first kappa shape index (κ1) is 14.1. The number of halogens is 1. The zero-order valence-corrected chi connectivity index (χ0v) is 11.5. The Hall–Kier alpha value is -2.34. The fraction of sp³-hybridized carbons (Fsp3) is 0.0714. The van der Waals surface area contributed by atoms with Crippen LogP contribution in [0.25, 0.3) is 0 Å². The van der Waals surface area contributed by atoms with Crippen molar-refractivity contribution in [1.82, 2.24) is 4.98 Å². The lowest BCUT2D eigenvalue weighted by molar-refractivity contribution is 0.102. The fourth-order valence-corrected chi connectivity index (χ4v) is 2.00. The molecule has 0 aliphatic carbocycles. The Bertz CT molecular complexity index is 688. The first-order valence-electron chi connectivity index (χ1n) is 5.82. The van der Waals surface area contributed by atoms with Crippen LogP contribution >= 0.6 is 12.2 Å². The largest absolute Gasteiger partial charge is 0.389 e. The summed E-state index contributed by atoms with van der Waals surface area (Å²) in [6.07, 6.45) is 1.59. The second-order valence-electron chi connectivity index (χ2n) is 4.12. The van der Waals surface area contributed by atoms with Crippen LogP contribution in [0.4, 0.5) is 10.1 Å². The van der Waals surface area contributed by atoms with Crippen LogP contribution in [-0.4, -0.2) is 15.9 Å². The second kappa shape index (κ2) is 5.75. The highest BCUT2D eigenvalue weighted by Gasteiger charge is 2.15. The number of anilines is 1. The van der Waals surface area contributed by atoms with Crippen molar-refractivity contribution in [2.75, 3.05) is 5.32 Å². The summed E-state index contributed by atoms with van der Waals surface area (Å²) in [6.45, 7) is 1.72. The number of benzene rings is 1. The van der Waals surface area contributed by atoms with E-state index in [4.69, 9.17) is 18.0 Å². The average Bonchev–Trinajstić information content (AvgIpc) is 2.38. The number of pyridine rings is 1. The van der Waals surface area contributed by atoms with Gasteiger partial charge in [-0.25, -0.2) is 4.39 Å². The molecule has 0 unspecified atom stereocenters. The van der Waals surface area contributed by atoms with E-state index in [2.05, 4.69) is 10.3 Å². The Balaban J connectivity index is 2.36. The first-order chi connectivity index (χ1) is 9.50. The molecule has 4 nitrogen and oxygen atoms in total. The topological polar surface area (TPSA) is 68.0 Å². The van der Waals surface area contributed by atoms with Crippen molar-refractivity contribution in [2.24, 2.45) is 5.73 Å². The minimum absolute atomic E-state index is 0.0254. The van der Waals surface area contributed by atoms with Gasteiger partial charge in [0.15, 0.2) is 0 Å². The number of hydrogen-bond donors (Lipinski definition) is 2. The maximum absolute atomic E-state index is 13.7. The van der Waals surface area contributed by atoms with Crippen molar-refractivity contribution in [3.05, 3.63) is 59.2 Å². The summed E-state index contributed by atoms with van der Waals surface area (Å²) in [5.41, 5.74) is 6.74. The molecule has 6 heteroatoms. The number of hydrogen-bond acceptors (Lipinski definition) is 3. The Kier molecular flexibility index (Phi) is 4.05. The molecule has 2 rings (SSSR count). The molecule has 1 heterocycles. The molecule has 0 saturated carbocycles. The molecule has 0 bridgehead atoms. The van der Waals surface area contributed by atoms with Gasteiger partial charge in [0.2, 0.25) is 0 Å². The number of rotatable bonds is 3. The van der Waals surface area contributed by atoms with Crippen LogP contribution < -0.4 is 11.1 Å². The Morgan fingerprint density at radius 3 is 2.75 bits per heavy atom. The molecule has 1 aromatic carbocycles. The monoisotopic (exact) mass is 289 g/mol. The van der Waals surface area contributed by atoms with Crippen molar-refractivity contribution < 1.29 is 9.18 Å². The highest BCUT2D eigenvalue weighted by molar-refractivity contribution is 7.80. The summed E-state index contributed by atoms with van der Waals surface area (Å²) >= 11 is 4.81. The van der Waals surface area contributed by atoms with Gasteiger partial charge in [-0.05, 0) is 31.2 Å². The van der Waals surface area contributed by atoms with Crippen molar-refractivity contribution >= 4 is 28.8 Å². The number of aromatic nitrogens is 1. The lowest BCUT2D eigenvalue weighted by Gasteiger charge is -2.11. The minimum atomic E-state index is -0.571. The number of nitrogens with one attached hydrogen (secondary N) is 1. The van der Waals surface area contributed by atoms with Crippen LogP contribution in [0.1, 0.15) is 21.6 Å². The molecular formula is C14H12FN3OS. The molecule has 20 heavy (non-hydrogen) atoms. The predicted octanol–water partition coefficient (Wildman–Crippen LogP) is 2.42. The summed E-state index contributed by atoms with van der Waals surface area (Å²) in [6, 6.07) is 7.54. The smallest absolute Gasteiger partial charge is 0.257 e. The zero-order chi connectivity index (χ0) is 14.7. The van der Waals surface area contributed by atoms with Gasteiger partial charge >= 0.3 is 0 Å². The van der Waals surface area contributed by atoms with Gasteiger partial charge in [-0.1, -0.05) is 18.3 Å². The standard InChI is InChI=1S/C14H12FN3OS/c1-8-9(4-3-7-17-8)14(19)18-11-6-2-5-10(15)12(11)13(16)20/h2-7H,1H3,(H2,16,20)(H,18,19). The number of aryl methyl sites for hydroxylation is 1. The van der Waals surface area contributed by atoms with E-state index < -0.39 is 11.7 Å². The van der Waals surface area contributed by atoms with Crippen molar-refractivity contribution in [3.63, 3.8) is 0 Å². The molecule has 0 spiro atoms. The third-order valence-corrected chi connectivity index (χ3v) is 2.96. The van der Waals surface area contributed by atoms with Crippen LogP contribution in [-0.2, 0) is 0 Å². The van der Waals surface area contributed by atoms with Gasteiger partial charge in [0, 0.05) is 11.9 Å². The molecule has 0 fully saturated rings. The van der Waals surface area contributed by atoms with Crippen molar-refractivity contribution in [2.45, 2.75) is 6.92 Å². The Morgan fingerprint density at radius 2 is 2.10 bits per heavy atom. The molecule has 102 valence electrons. The molecular weight excluding hydrogens is 277 g/mol. The van der Waals surface area contributed by atoms with Gasteiger partial charge in [0.1, 0.15) is 10.8 Å². The summed E-state index contributed by atoms with van der Waals surface area (Å²) in [4.78, 5) is 16.1. The maximum atomic E-state index is 13.7. The summed E-state index contributed by atoms with van der Waals surface area (Å²) in [5, 5.41) is 2.60. The molecule has 0 aliphatic rings. The Morgan fingerprint density at radius 1 is 1.35 bits per heavy atom. The number of nitrogens with zero attached hydrogens (tertiary/aromatic N) is 1. The van der Waals surface area contributed by atoms with Crippen LogP contribution in [0.2, 0.25) is 0 Å². The van der Waals surface area contributed by atoms with Crippen molar-refractivity contribution in [1.29, 1.82) is 0 Å². The number of nitrogens with two attached hydrogens (primary N) is 1. The van der Waals surface area contributed by atoms with Gasteiger partial charge in [0.25, 0.3) is 5.91 Å². The molecule has 0 saturated heterocycles. The first-order valence-corrected chi connectivity index (χ1v) is 6.23. The Labute approximate surface area is 120 Å². The number of thiocarbonyl (C=S) groups is 1. The van der Waals surface area contributed by atoms with E-state index in [-0.39, 0.29) is 16.2 Å². The molecule has 0 radical (unpaired) electrons. The highest BCUT2D eigenvalue weighted by atomic mass is 32.1. The van der Waals surface area contributed by atoms with E-state index in [1.807, 2.05) is 0 Å². The lowest BCUT2D eigenvalue weighted by atomic mass is 10.1. The third kappa shape index (κ3) is 2.80. The van der Waals surface area contributed by atoms with Gasteiger partial charge in [-0.2, -0.15) is 0 Å². The highest BCUT2D eigenvalue weighted by Crippen LogP contribution is 2.20. The number of amides is 1. The second-order valence-corrected chi connectivity index (χ2v) is 4.56. The van der Waals surface area contributed by atoms with Crippen LogP contribution in [0.5, 0.6) is 0 Å². The quantitative estimate of drug-likeness (QED) is 0.852. The summed E-state index contributed by atoms with van der Waals surface area (Å²) in [7, 11) is 0. The van der Waals surface area contributed by atoms with E-state index in [1.165, 1.54) is 12.1 Å². The maximum Gasteiger partial charge on any atom is 0.257 e. The van der Waals surface area contributed by atoms with E-state index in [0.29, 0.717) is 11.3 Å². The number of carbonyl (C=O) groups excluding carboxylic acids is 1. The van der Waals surface area contributed by atoms with Gasteiger partial charge in [-0.15, -0.1) is 0 Å². The summed E-state index contributed by atoms with van der Waals surface area (Å²) < 4.78 is 13.7. The molecule has 0 aliphatic heterocycles. The SMILES string of the molecule is Cc1ncccc1C(=O)Nc1cccc(F)c1C(N)=S. The van der Waals surface area contributed by atoms with E-state index in [1.54, 1.807) is 31.3 Å². The van der Waals surface area contributed by atoms with Crippen LogP contribution in [0.3, 0.4) is 0 Å². The van der Waals surface area contributed by atoms with E-state index >= 15 is 0 Å². The average molecular weight is 289 g/mol. The molecule has 3 N–H and O–H groups in total. The van der Waals surface area contributed by atoms with Gasteiger partial charge in [0.05, 0.1) is 16.8 Å². The summed E-state index contributed by atoms with van der Waals surface area (Å²) in [5.74, 6) is -0.961. The molecule has 1 aromatic heterocycles. The zero-order valence-electron chi connectivity index (χ0n) is 10.7. The molecule has 0 atom stereocenters. The van der Waals surface area contributed by atoms with Crippen LogP contribution in [0.15, 0.2) is 36.5 Å². The predicted molar refractivity (Wildman–Crippen MR) is 79.2 cm³/mol.